The molecule has 0 spiro atoms. The molecule has 1 aliphatic heterocycles. The summed E-state index contributed by atoms with van der Waals surface area (Å²) in [5, 5.41) is 17.5. The molecule has 1 aliphatic rings. The quantitative estimate of drug-likeness (QED) is 0.743. The third-order valence-corrected chi connectivity index (χ3v) is 4.84. The predicted molar refractivity (Wildman–Crippen MR) is 102 cm³/mol. The number of ether oxygens (including phenoxy) is 1. The van der Waals surface area contributed by atoms with Crippen LogP contribution in [0.4, 0.5) is 0 Å². The number of aliphatic hydroxyl groups is 1. The average Bonchev–Trinajstić information content (AvgIpc) is 3.24. The Balaban J connectivity index is 1.48. The molecular weight excluding hydrogens is 326 g/mol. The number of β-amino-alcohol motifs (C(OH)–C–C–N with tert-alkyl or cyclic N) is 1. The van der Waals surface area contributed by atoms with Crippen molar-refractivity contribution in [2.24, 2.45) is 0 Å². The fourth-order valence-electron chi connectivity index (χ4n) is 3.31. The highest BCUT2D eigenvalue weighted by atomic mass is 16.5. The van der Waals surface area contributed by atoms with E-state index in [-0.39, 0.29) is 0 Å². The van der Waals surface area contributed by atoms with Crippen LogP contribution in [0.25, 0.3) is 22.4 Å². The van der Waals surface area contributed by atoms with Gasteiger partial charge >= 0.3 is 0 Å². The summed E-state index contributed by atoms with van der Waals surface area (Å²) in [5.74, 6) is 0. The third-order valence-electron chi connectivity index (χ3n) is 4.84. The summed E-state index contributed by atoms with van der Waals surface area (Å²) in [6.45, 7) is 3.92. The molecule has 1 aromatic heterocycles. The minimum absolute atomic E-state index is 0.474. The van der Waals surface area contributed by atoms with Gasteiger partial charge in [-0.1, -0.05) is 42.5 Å². The second-order valence-corrected chi connectivity index (χ2v) is 6.60. The molecule has 3 aromatic rings. The minimum Gasteiger partial charge on any atom is -0.387 e. The maximum atomic E-state index is 10.5. The summed E-state index contributed by atoms with van der Waals surface area (Å²) in [5.41, 5.74) is 5.34. The fraction of sp³-hybridized carbons (Fsp3) is 0.286. The molecule has 1 saturated heterocycles. The van der Waals surface area contributed by atoms with E-state index in [0.29, 0.717) is 6.54 Å². The van der Waals surface area contributed by atoms with E-state index in [0.717, 1.165) is 54.3 Å². The normalized spacial score (nSPS) is 16.5. The smallest absolute Gasteiger partial charge is 0.0916 e. The van der Waals surface area contributed by atoms with Crippen molar-refractivity contribution in [1.29, 1.82) is 0 Å². The highest BCUT2D eigenvalue weighted by molar-refractivity contribution is 5.71. The number of H-pyrrole nitrogens is 1. The van der Waals surface area contributed by atoms with Crippen LogP contribution in [0, 0.1) is 0 Å². The second-order valence-electron chi connectivity index (χ2n) is 6.60. The average molecular weight is 349 g/mol. The van der Waals surface area contributed by atoms with E-state index in [1.807, 2.05) is 24.3 Å². The van der Waals surface area contributed by atoms with Gasteiger partial charge in [0.2, 0.25) is 0 Å². The summed E-state index contributed by atoms with van der Waals surface area (Å²) in [7, 11) is 0. The van der Waals surface area contributed by atoms with Crippen molar-refractivity contribution >= 4 is 0 Å². The molecule has 0 radical (unpaired) electrons. The Kier molecular flexibility index (Phi) is 5.11. The number of morpholine rings is 1. The van der Waals surface area contributed by atoms with E-state index in [1.165, 1.54) is 0 Å². The Labute approximate surface area is 153 Å². The van der Waals surface area contributed by atoms with Crippen LogP contribution in [0.15, 0.2) is 60.8 Å². The van der Waals surface area contributed by atoms with Crippen LogP contribution in [-0.4, -0.2) is 53.1 Å². The van der Waals surface area contributed by atoms with E-state index in [9.17, 15) is 5.11 Å². The maximum absolute atomic E-state index is 10.5. The number of nitrogens with zero attached hydrogens (tertiary/aromatic N) is 2. The molecule has 1 unspecified atom stereocenters. The number of aliphatic hydroxyl groups excluding tert-OH is 1. The van der Waals surface area contributed by atoms with Crippen molar-refractivity contribution in [3.05, 3.63) is 66.4 Å². The maximum Gasteiger partial charge on any atom is 0.0916 e. The SMILES string of the molecule is OC(CN1CCOCC1)c1ccc(-c2cccc(-c3ccn[nH]3)c2)cc1. The van der Waals surface area contributed by atoms with Crippen molar-refractivity contribution in [3.8, 4) is 22.4 Å². The highest BCUT2D eigenvalue weighted by Gasteiger charge is 2.16. The number of benzene rings is 2. The molecule has 0 bridgehead atoms. The molecule has 4 rings (SSSR count). The van der Waals surface area contributed by atoms with Crippen molar-refractivity contribution in [2.45, 2.75) is 6.10 Å². The second kappa shape index (κ2) is 7.83. The third kappa shape index (κ3) is 3.85. The first-order chi connectivity index (χ1) is 12.8. The van der Waals surface area contributed by atoms with Gasteiger partial charge in [0.15, 0.2) is 0 Å². The van der Waals surface area contributed by atoms with Gasteiger partial charge in [-0.25, -0.2) is 0 Å². The number of hydrogen-bond acceptors (Lipinski definition) is 4. The number of nitrogens with one attached hydrogen (secondary N) is 1. The van der Waals surface area contributed by atoms with Gasteiger partial charge in [-0.3, -0.25) is 10.00 Å². The van der Waals surface area contributed by atoms with Crippen LogP contribution in [-0.2, 0) is 4.74 Å². The zero-order chi connectivity index (χ0) is 17.8. The molecule has 2 aromatic carbocycles. The lowest BCUT2D eigenvalue weighted by atomic mass is 9.99. The lowest BCUT2D eigenvalue weighted by Gasteiger charge is -2.28. The summed E-state index contributed by atoms with van der Waals surface area (Å²) in [4.78, 5) is 2.25. The molecule has 0 amide bonds. The number of aromatic nitrogens is 2. The summed E-state index contributed by atoms with van der Waals surface area (Å²) in [6.07, 6.45) is 1.28. The van der Waals surface area contributed by atoms with Crippen LogP contribution in [0.2, 0.25) is 0 Å². The molecule has 0 aliphatic carbocycles. The van der Waals surface area contributed by atoms with E-state index in [1.54, 1.807) is 6.20 Å². The van der Waals surface area contributed by atoms with Gasteiger partial charge in [0.05, 0.1) is 25.0 Å². The van der Waals surface area contributed by atoms with Crippen molar-refractivity contribution in [2.75, 3.05) is 32.8 Å². The number of aromatic amines is 1. The summed E-state index contributed by atoms with van der Waals surface area (Å²) < 4.78 is 5.36. The van der Waals surface area contributed by atoms with Gasteiger partial charge in [0, 0.05) is 31.4 Å². The largest absolute Gasteiger partial charge is 0.387 e. The molecule has 5 heteroatoms. The number of hydrogen-bond donors (Lipinski definition) is 2. The summed E-state index contributed by atoms with van der Waals surface area (Å²) >= 11 is 0. The van der Waals surface area contributed by atoms with Crippen LogP contribution in [0.1, 0.15) is 11.7 Å². The van der Waals surface area contributed by atoms with E-state index >= 15 is 0 Å². The molecule has 1 atom stereocenters. The standard InChI is InChI=1S/C21H23N3O2/c25-21(15-24-10-12-26-13-11-24)17-6-4-16(5-7-17)18-2-1-3-19(14-18)20-8-9-22-23-20/h1-9,14,21,25H,10-13,15H2,(H,22,23). The number of rotatable bonds is 5. The lowest BCUT2D eigenvalue weighted by Crippen LogP contribution is -2.38. The Morgan fingerprint density at radius 3 is 2.50 bits per heavy atom. The van der Waals surface area contributed by atoms with Crippen molar-refractivity contribution in [3.63, 3.8) is 0 Å². The fourth-order valence-corrected chi connectivity index (χ4v) is 3.31. The van der Waals surface area contributed by atoms with Crippen LogP contribution in [0.5, 0.6) is 0 Å². The van der Waals surface area contributed by atoms with Crippen LogP contribution in [0.3, 0.4) is 0 Å². The molecule has 26 heavy (non-hydrogen) atoms. The topological polar surface area (TPSA) is 61.4 Å². The first-order valence-electron chi connectivity index (χ1n) is 8.98. The van der Waals surface area contributed by atoms with Gasteiger partial charge in [-0.2, -0.15) is 5.10 Å². The Bertz CT molecular complexity index is 825. The van der Waals surface area contributed by atoms with Gasteiger partial charge in [0.1, 0.15) is 0 Å². The van der Waals surface area contributed by atoms with Gasteiger partial charge in [-0.05, 0) is 28.8 Å². The lowest BCUT2D eigenvalue weighted by molar-refractivity contribution is 0.0143. The van der Waals surface area contributed by atoms with Crippen LogP contribution < -0.4 is 0 Å². The first kappa shape index (κ1) is 17.0. The molecule has 1 fully saturated rings. The molecule has 5 nitrogen and oxygen atoms in total. The first-order valence-corrected chi connectivity index (χ1v) is 8.98. The van der Waals surface area contributed by atoms with Crippen molar-refractivity contribution < 1.29 is 9.84 Å². The zero-order valence-electron chi connectivity index (χ0n) is 14.6. The van der Waals surface area contributed by atoms with Gasteiger partial charge in [0.25, 0.3) is 0 Å². The van der Waals surface area contributed by atoms with Gasteiger partial charge < -0.3 is 9.84 Å². The Morgan fingerprint density at radius 1 is 1.00 bits per heavy atom. The van der Waals surface area contributed by atoms with Crippen LogP contribution >= 0.6 is 0 Å². The molecule has 2 N–H and O–H groups in total. The molecular formula is C21H23N3O2. The molecule has 134 valence electrons. The zero-order valence-corrected chi connectivity index (χ0v) is 14.6. The molecule has 0 saturated carbocycles. The highest BCUT2D eigenvalue weighted by Crippen LogP contribution is 2.26. The molecule has 2 heterocycles. The predicted octanol–water partition coefficient (Wildman–Crippen LogP) is 3.11. The van der Waals surface area contributed by atoms with E-state index in [4.69, 9.17) is 4.74 Å². The van der Waals surface area contributed by atoms with E-state index < -0.39 is 6.10 Å². The van der Waals surface area contributed by atoms with Crippen molar-refractivity contribution in [1.82, 2.24) is 15.1 Å². The summed E-state index contributed by atoms with van der Waals surface area (Å²) in [6, 6.07) is 18.5. The van der Waals surface area contributed by atoms with Gasteiger partial charge in [-0.15, -0.1) is 0 Å². The monoisotopic (exact) mass is 349 g/mol. The Morgan fingerprint density at radius 2 is 1.77 bits per heavy atom. The Hall–Kier alpha value is -2.47. The minimum atomic E-state index is -0.474. The van der Waals surface area contributed by atoms with E-state index in [2.05, 4.69) is 45.4 Å².